The predicted molar refractivity (Wildman–Crippen MR) is 131 cm³/mol. The molecule has 4 aromatic rings. The summed E-state index contributed by atoms with van der Waals surface area (Å²) in [7, 11) is 0. The topological polar surface area (TPSA) is 70.4 Å². The molecule has 2 aromatic carbocycles. The molecule has 0 radical (unpaired) electrons. The average molecular weight is 463 g/mol. The van der Waals surface area contributed by atoms with Crippen molar-refractivity contribution in [2.75, 3.05) is 6.61 Å². The average Bonchev–Trinajstić information content (AvgIpc) is 3.13. The Bertz CT molecular complexity index is 1340. The third-order valence-corrected chi connectivity index (χ3v) is 6.21. The number of thiophene rings is 1. The minimum atomic E-state index is -0.356. The van der Waals surface area contributed by atoms with Crippen LogP contribution in [0.1, 0.15) is 41.6 Å². The maximum atomic E-state index is 13.4. The van der Waals surface area contributed by atoms with E-state index in [0.29, 0.717) is 24.1 Å². The van der Waals surface area contributed by atoms with Crippen LogP contribution in [0.25, 0.3) is 21.3 Å². The Hall–Kier alpha value is -3.45. The Morgan fingerprint density at radius 1 is 1.09 bits per heavy atom. The Morgan fingerprint density at radius 2 is 1.79 bits per heavy atom. The second kappa shape index (κ2) is 9.58. The van der Waals surface area contributed by atoms with Gasteiger partial charge >= 0.3 is 5.97 Å². The van der Waals surface area contributed by atoms with Crippen molar-refractivity contribution >= 4 is 27.5 Å². The summed E-state index contributed by atoms with van der Waals surface area (Å²) in [6.45, 7) is 8.55. The van der Waals surface area contributed by atoms with E-state index in [2.05, 4.69) is 4.98 Å². The van der Waals surface area contributed by atoms with Crippen LogP contribution in [0.3, 0.4) is 0 Å². The van der Waals surface area contributed by atoms with Gasteiger partial charge in [0.2, 0.25) is 0 Å². The van der Waals surface area contributed by atoms with E-state index in [1.54, 1.807) is 23.0 Å². The molecule has 6 nitrogen and oxygen atoms in total. The first-order valence-electron chi connectivity index (χ1n) is 10.9. The normalized spacial score (nSPS) is 11.2. The molecule has 170 valence electrons. The molecule has 0 aliphatic rings. The lowest BCUT2D eigenvalue weighted by atomic mass is 10.0. The molecule has 0 amide bonds. The zero-order valence-electron chi connectivity index (χ0n) is 19.1. The van der Waals surface area contributed by atoms with Gasteiger partial charge in [0.05, 0.1) is 36.5 Å². The first-order chi connectivity index (χ1) is 15.9. The van der Waals surface area contributed by atoms with Gasteiger partial charge in [-0.3, -0.25) is 9.36 Å². The summed E-state index contributed by atoms with van der Waals surface area (Å²) in [5.74, 6) is 0.445. The summed E-state index contributed by atoms with van der Waals surface area (Å²) in [6, 6.07) is 14.9. The third-order valence-electron chi connectivity index (χ3n) is 5.19. The number of aromatic nitrogens is 2. The molecule has 0 fully saturated rings. The summed E-state index contributed by atoms with van der Waals surface area (Å²) in [6.07, 6.45) is 1.41. The van der Waals surface area contributed by atoms with Crippen LogP contribution in [0.15, 0.2) is 59.7 Å². The number of rotatable bonds is 7. The molecule has 2 aromatic heterocycles. The van der Waals surface area contributed by atoms with E-state index in [0.717, 1.165) is 32.1 Å². The van der Waals surface area contributed by atoms with Crippen molar-refractivity contribution < 1.29 is 14.3 Å². The summed E-state index contributed by atoms with van der Waals surface area (Å²) in [5, 5.41) is 0.626. The van der Waals surface area contributed by atoms with Gasteiger partial charge in [0.1, 0.15) is 10.6 Å². The van der Waals surface area contributed by atoms with Crippen molar-refractivity contribution in [3.05, 3.63) is 81.2 Å². The van der Waals surface area contributed by atoms with Gasteiger partial charge in [0.25, 0.3) is 5.56 Å². The zero-order chi connectivity index (χ0) is 23.5. The number of benzene rings is 2. The molecular weight excluding hydrogens is 436 g/mol. The van der Waals surface area contributed by atoms with Crippen molar-refractivity contribution in [1.29, 1.82) is 0 Å². The number of esters is 1. The second-order valence-corrected chi connectivity index (χ2v) is 9.20. The van der Waals surface area contributed by atoms with Gasteiger partial charge in [0.15, 0.2) is 0 Å². The standard InChI is InChI=1S/C26H26N2O4S/c1-5-31-21-12-10-19(11-13-21)22-17(4)33-24-23(22)25(29)28(15-27-24)14-18-6-8-20(9-7-18)26(30)32-16(2)3/h6-13,15-16H,5,14H2,1-4H3. The number of hydrogen-bond donors (Lipinski definition) is 0. The molecule has 2 heterocycles. The molecule has 7 heteroatoms. The molecule has 0 aliphatic carbocycles. The number of hydrogen-bond acceptors (Lipinski definition) is 6. The smallest absolute Gasteiger partial charge is 0.338 e. The fourth-order valence-electron chi connectivity index (χ4n) is 3.71. The number of aryl methyl sites for hydroxylation is 1. The molecule has 0 N–H and O–H groups in total. The van der Waals surface area contributed by atoms with Crippen LogP contribution in [0.5, 0.6) is 5.75 Å². The molecule has 0 aliphatic heterocycles. The van der Waals surface area contributed by atoms with Crippen molar-refractivity contribution in [2.24, 2.45) is 0 Å². The van der Waals surface area contributed by atoms with Gasteiger partial charge in [0, 0.05) is 10.4 Å². The quantitative estimate of drug-likeness (QED) is 0.342. The first-order valence-corrected chi connectivity index (χ1v) is 11.7. The van der Waals surface area contributed by atoms with Crippen LogP contribution in [0, 0.1) is 6.92 Å². The number of ether oxygens (including phenoxy) is 2. The van der Waals surface area contributed by atoms with Crippen LogP contribution in [0.2, 0.25) is 0 Å². The van der Waals surface area contributed by atoms with Gasteiger partial charge in [-0.2, -0.15) is 0 Å². The number of carbonyl (C=O) groups is 1. The van der Waals surface area contributed by atoms with Gasteiger partial charge in [-0.25, -0.2) is 9.78 Å². The predicted octanol–water partition coefficient (Wildman–Crippen LogP) is 5.45. The molecule has 0 unspecified atom stereocenters. The van der Waals surface area contributed by atoms with Crippen molar-refractivity contribution in [3.63, 3.8) is 0 Å². The van der Waals surface area contributed by atoms with Gasteiger partial charge in [-0.15, -0.1) is 11.3 Å². The van der Waals surface area contributed by atoms with Crippen molar-refractivity contribution in [2.45, 2.75) is 40.3 Å². The fraction of sp³-hybridized carbons (Fsp3) is 0.269. The number of carbonyl (C=O) groups excluding carboxylic acids is 1. The van der Waals surface area contributed by atoms with E-state index in [1.165, 1.54) is 11.3 Å². The highest BCUT2D eigenvalue weighted by Crippen LogP contribution is 2.36. The SMILES string of the molecule is CCOc1ccc(-c2c(C)sc3ncn(Cc4ccc(C(=O)OC(C)C)cc4)c(=O)c23)cc1. The highest BCUT2D eigenvalue weighted by Gasteiger charge is 2.17. The Morgan fingerprint density at radius 3 is 2.42 bits per heavy atom. The van der Waals surface area contributed by atoms with Crippen LogP contribution in [0.4, 0.5) is 0 Å². The Kier molecular flexibility index (Phi) is 6.60. The minimum Gasteiger partial charge on any atom is -0.494 e. The zero-order valence-corrected chi connectivity index (χ0v) is 19.9. The van der Waals surface area contributed by atoms with Gasteiger partial charge < -0.3 is 9.47 Å². The van der Waals surface area contributed by atoms with Gasteiger partial charge in [-0.05, 0) is 63.1 Å². The minimum absolute atomic E-state index is 0.0865. The number of nitrogens with zero attached hydrogens (tertiary/aromatic N) is 2. The van der Waals surface area contributed by atoms with E-state index in [9.17, 15) is 9.59 Å². The maximum absolute atomic E-state index is 13.4. The molecule has 0 saturated carbocycles. The van der Waals surface area contributed by atoms with Crippen LogP contribution < -0.4 is 10.3 Å². The van der Waals surface area contributed by atoms with E-state index < -0.39 is 0 Å². The molecule has 0 spiro atoms. The monoisotopic (exact) mass is 462 g/mol. The lowest BCUT2D eigenvalue weighted by Gasteiger charge is -2.10. The van der Waals surface area contributed by atoms with E-state index in [4.69, 9.17) is 9.47 Å². The van der Waals surface area contributed by atoms with Crippen LogP contribution in [-0.4, -0.2) is 28.2 Å². The van der Waals surface area contributed by atoms with Crippen LogP contribution >= 0.6 is 11.3 Å². The molecule has 0 atom stereocenters. The Balaban J connectivity index is 1.66. The van der Waals surface area contributed by atoms with E-state index in [1.807, 2.05) is 64.1 Å². The summed E-state index contributed by atoms with van der Waals surface area (Å²) in [4.78, 5) is 31.8. The van der Waals surface area contributed by atoms with E-state index >= 15 is 0 Å². The molecule has 0 bridgehead atoms. The lowest BCUT2D eigenvalue weighted by molar-refractivity contribution is 0.0378. The molecular formula is C26H26N2O4S. The number of fused-ring (bicyclic) bond motifs is 1. The van der Waals surface area contributed by atoms with Crippen molar-refractivity contribution in [3.8, 4) is 16.9 Å². The first kappa shape index (κ1) is 22.7. The fourth-order valence-corrected chi connectivity index (χ4v) is 4.71. The maximum Gasteiger partial charge on any atom is 0.338 e. The molecule has 0 saturated heterocycles. The van der Waals surface area contributed by atoms with Crippen LogP contribution in [-0.2, 0) is 11.3 Å². The lowest BCUT2D eigenvalue weighted by Crippen LogP contribution is -2.21. The summed E-state index contributed by atoms with van der Waals surface area (Å²) >= 11 is 1.52. The second-order valence-electron chi connectivity index (χ2n) is 8.00. The molecule has 4 rings (SSSR count). The highest BCUT2D eigenvalue weighted by molar-refractivity contribution is 7.19. The summed E-state index contributed by atoms with van der Waals surface area (Å²) in [5.41, 5.74) is 3.17. The largest absolute Gasteiger partial charge is 0.494 e. The van der Waals surface area contributed by atoms with E-state index in [-0.39, 0.29) is 17.6 Å². The summed E-state index contributed by atoms with van der Waals surface area (Å²) < 4.78 is 12.4. The van der Waals surface area contributed by atoms with Crippen molar-refractivity contribution in [1.82, 2.24) is 9.55 Å². The third kappa shape index (κ3) is 4.83. The van der Waals surface area contributed by atoms with Gasteiger partial charge in [-0.1, -0.05) is 24.3 Å². The Labute approximate surface area is 196 Å². The molecule has 33 heavy (non-hydrogen) atoms. The highest BCUT2D eigenvalue weighted by atomic mass is 32.1.